The lowest BCUT2D eigenvalue weighted by Gasteiger charge is -2.00. The highest BCUT2D eigenvalue weighted by atomic mass is 79.9. The van der Waals surface area contributed by atoms with Crippen molar-refractivity contribution >= 4 is 48.8 Å². The van der Waals surface area contributed by atoms with Crippen LogP contribution in [0.5, 0.6) is 11.5 Å². The van der Waals surface area contributed by atoms with Gasteiger partial charge in [0, 0.05) is 17.5 Å². The van der Waals surface area contributed by atoms with Crippen molar-refractivity contribution in [2.24, 2.45) is 0 Å². The Kier molecular flexibility index (Phi) is 2.35. The maximum atomic E-state index is 12.2. The van der Waals surface area contributed by atoms with Gasteiger partial charge >= 0.3 is 5.63 Å². The minimum Gasteiger partial charge on any atom is -0.508 e. The number of hydrogen-bond donors (Lipinski definition) is 2. The molecular weight excluding hydrogens is 340 g/mol. The van der Waals surface area contributed by atoms with E-state index in [1.807, 2.05) is 0 Å². The van der Waals surface area contributed by atoms with Gasteiger partial charge in [-0.15, -0.1) is 0 Å². The molecule has 2 aromatic heterocycles. The van der Waals surface area contributed by atoms with Crippen LogP contribution < -0.4 is 5.63 Å². The third kappa shape index (κ3) is 1.66. The zero-order valence-electron chi connectivity index (χ0n) is 10.4. The van der Waals surface area contributed by atoms with Crippen molar-refractivity contribution in [2.45, 2.75) is 0 Å². The van der Waals surface area contributed by atoms with Gasteiger partial charge in [-0.05, 0) is 34.1 Å². The Hall–Kier alpha value is -2.47. The average molecular weight is 347 g/mol. The smallest absolute Gasteiger partial charge is 0.348 e. The molecule has 2 heterocycles. The molecule has 0 saturated carbocycles. The third-order valence-corrected chi connectivity index (χ3v) is 4.01. The minimum atomic E-state index is -0.552. The van der Waals surface area contributed by atoms with Crippen LogP contribution in [0.25, 0.3) is 32.9 Å². The van der Waals surface area contributed by atoms with Crippen LogP contribution in [0.15, 0.2) is 48.4 Å². The van der Waals surface area contributed by atoms with Gasteiger partial charge in [-0.2, -0.15) is 0 Å². The van der Waals surface area contributed by atoms with Crippen molar-refractivity contribution < 1.29 is 19.0 Å². The summed E-state index contributed by atoms with van der Waals surface area (Å²) in [6, 6.07) is 7.50. The molecule has 0 aliphatic rings. The topological polar surface area (TPSA) is 83.8 Å². The van der Waals surface area contributed by atoms with E-state index in [0.29, 0.717) is 31.8 Å². The fraction of sp³-hybridized carbons (Fsp3) is 0. The molecule has 2 aromatic carbocycles. The van der Waals surface area contributed by atoms with Crippen molar-refractivity contribution in [2.75, 3.05) is 0 Å². The summed E-state index contributed by atoms with van der Waals surface area (Å²) in [4.78, 5) is 12.2. The molecule has 0 aliphatic carbocycles. The first-order valence-corrected chi connectivity index (χ1v) is 6.84. The Morgan fingerprint density at radius 3 is 2.52 bits per heavy atom. The normalized spacial score (nSPS) is 11.7. The number of phenolic OH excluding ortho intramolecular Hbond substituents is 2. The molecule has 0 unspecified atom stereocenters. The SMILES string of the molecule is O=c1oc2cc(O)c(Br)cc2c2oc3cc(O)ccc3c12. The van der Waals surface area contributed by atoms with Crippen LogP contribution in [0.1, 0.15) is 0 Å². The molecule has 0 saturated heterocycles. The van der Waals surface area contributed by atoms with Gasteiger partial charge in [-0.25, -0.2) is 4.79 Å². The van der Waals surface area contributed by atoms with E-state index in [1.54, 1.807) is 12.1 Å². The van der Waals surface area contributed by atoms with Crippen LogP contribution in [-0.2, 0) is 0 Å². The molecule has 0 bridgehead atoms. The number of halogens is 1. The van der Waals surface area contributed by atoms with Crippen LogP contribution >= 0.6 is 15.9 Å². The number of phenols is 2. The summed E-state index contributed by atoms with van der Waals surface area (Å²) in [5.41, 5.74) is 0.441. The number of furan rings is 1. The summed E-state index contributed by atoms with van der Waals surface area (Å²) in [5, 5.41) is 20.6. The van der Waals surface area contributed by atoms with Gasteiger partial charge in [0.15, 0.2) is 5.58 Å². The summed E-state index contributed by atoms with van der Waals surface area (Å²) in [5.74, 6) is 0.0211. The monoisotopic (exact) mass is 346 g/mol. The van der Waals surface area contributed by atoms with Crippen LogP contribution in [0.3, 0.4) is 0 Å². The van der Waals surface area contributed by atoms with E-state index in [0.717, 1.165) is 0 Å². The van der Waals surface area contributed by atoms with Gasteiger partial charge in [0.1, 0.15) is 28.1 Å². The van der Waals surface area contributed by atoms with E-state index in [1.165, 1.54) is 18.2 Å². The van der Waals surface area contributed by atoms with Gasteiger partial charge in [-0.3, -0.25) is 0 Å². The lowest BCUT2D eigenvalue weighted by molar-refractivity contribution is 0.470. The van der Waals surface area contributed by atoms with Gasteiger partial charge in [0.05, 0.1) is 9.86 Å². The van der Waals surface area contributed by atoms with E-state index in [2.05, 4.69) is 15.9 Å². The van der Waals surface area contributed by atoms with Crippen molar-refractivity contribution in [3.8, 4) is 11.5 Å². The predicted molar refractivity (Wildman–Crippen MR) is 80.8 cm³/mol. The standard InChI is InChI=1S/C15H7BrO5/c16-9-4-8-12(5-10(9)18)21-15(19)13-7-2-1-6(17)3-11(7)20-14(8)13/h1-5,17-18H. The molecule has 21 heavy (non-hydrogen) atoms. The van der Waals surface area contributed by atoms with Gasteiger partial charge < -0.3 is 19.0 Å². The Morgan fingerprint density at radius 1 is 0.952 bits per heavy atom. The van der Waals surface area contributed by atoms with Crippen LogP contribution in [0, 0.1) is 0 Å². The zero-order chi connectivity index (χ0) is 14.7. The Labute approximate surface area is 125 Å². The second-order valence-electron chi connectivity index (χ2n) is 4.68. The molecule has 0 spiro atoms. The first kappa shape index (κ1) is 12.3. The summed E-state index contributed by atoms with van der Waals surface area (Å²) in [6.45, 7) is 0. The first-order valence-electron chi connectivity index (χ1n) is 6.05. The fourth-order valence-electron chi connectivity index (χ4n) is 2.43. The first-order chi connectivity index (χ1) is 10.0. The highest BCUT2D eigenvalue weighted by Gasteiger charge is 2.17. The quantitative estimate of drug-likeness (QED) is 0.472. The molecule has 104 valence electrons. The second kappa shape index (κ2) is 4.02. The Morgan fingerprint density at radius 2 is 1.71 bits per heavy atom. The highest BCUT2D eigenvalue weighted by molar-refractivity contribution is 9.10. The molecule has 4 rings (SSSR count). The van der Waals surface area contributed by atoms with Crippen molar-refractivity contribution in [1.29, 1.82) is 0 Å². The lowest BCUT2D eigenvalue weighted by atomic mass is 10.1. The van der Waals surface area contributed by atoms with E-state index in [-0.39, 0.29) is 17.1 Å². The summed E-state index contributed by atoms with van der Waals surface area (Å²) in [7, 11) is 0. The summed E-state index contributed by atoms with van der Waals surface area (Å²) >= 11 is 3.22. The number of benzene rings is 2. The fourth-order valence-corrected chi connectivity index (χ4v) is 2.78. The summed E-state index contributed by atoms with van der Waals surface area (Å²) < 4.78 is 11.4. The summed E-state index contributed by atoms with van der Waals surface area (Å²) in [6.07, 6.45) is 0. The highest BCUT2D eigenvalue weighted by Crippen LogP contribution is 2.36. The van der Waals surface area contributed by atoms with Crippen LogP contribution in [0.4, 0.5) is 0 Å². The number of fused-ring (bicyclic) bond motifs is 5. The molecule has 0 aliphatic heterocycles. The van der Waals surface area contributed by atoms with Gasteiger partial charge in [0.25, 0.3) is 0 Å². The largest absolute Gasteiger partial charge is 0.508 e. The Bertz CT molecular complexity index is 1090. The average Bonchev–Trinajstić information content (AvgIpc) is 2.80. The maximum absolute atomic E-state index is 12.2. The van der Waals surface area contributed by atoms with Crippen LogP contribution in [-0.4, -0.2) is 10.2 Å². The maximum Gasteiger partial charge on any atom is 0.348 e. The van der Waals surface area contributed by atoms with E-state index in [9.17, 15) is 15.0 Å². The molecule has 6 heteroatoms. The molecule has 0 atom stereocenters. The van der Waals surface area contributed by atoms with Gasteiger partial charge in [-0.1, -0.05) is 0 Å². The lowest BCUT2D eigenvalue weighted by Crippen LogP contribution is -1.98. The van der Waals surface area contributed by atoms with Crippen LogP contribution in [0.2, 0.25) is 0 Å². The predicted octanol–water partition coefficient (Wildman–Crippen LogP) is 3.87. The van der Waals surface area contributed by atoms with E-state index in [4.69, 9.17) is 8.83 Å². The second-order valence-corrected chi connectivity index (χ2v) is 5.53. The molecule has 0 fully saturated rings. The third-order valence-electron chi connectivity index (χ3n) is 3.37. The molecule has 0 radical (unpaired) electrons. The number of rotatable bonds is 0. The number of aromatic hydroxyl groups is 2. The van der Waals surface area contributed by atoms with Gasteiger partial charge in [0.2, 0.25) is 0 Å². The molecule has 2 N–H and O–H groups in total. The zero-order valence-corrected chi connectivity index (χ0v) is 12.0. The van der Waals surface area contributed by atoms with E-state index < -0.39 is 5.63 Å². The number of hydrogen-bond acceptors (Lipinski definition) is 5. The molecular formula is C15H7BrO5. The molecule has 0 amide bonds. The Balaban J connectivity index is 2.32. The van der Waals surface area contributed by atoms with Crippen molar-refractivity contribution in [3.05, 3.63) is 45.2 Å². The van der Waals surface area contributed by atoms with Crippen molar-refractivity contribution in [3.63, 3.8) is 0 Å². The van der Waals surface area contributed by atoms with Crippen molar-refractivity contribution in [1.82, 2.24) is 0 Å². The molecule has 4 aromatic rings. The van der Waals surface area contributed by atoms with E-state index >= 15 is 0 Å². The minimum absolute atomic E-state index is 0.0289. The molecule has 5 nitrogen and oxygen atoms in total.